The van der Waals surface area contributed by atoms with Crippen LogP contribution in [-0.2, 0) is 30.5 Å². The normalized spacial score (nSPS) is 14.5. The zero-order valence-electron chi connectivity index (χ0n) is 16.2. The third-order valence-corrected chi connectivity index (χ3v) is 3.71. The molecule has 8 nitrogen and oxygen atoms in total. The fraction of sp³-hybridized carbons (Fsp3) is 0.421. The second-order valence-corrected chi connectivity index (χ2v) is 7.32. The van der Waals surface area contributed by atoms with Crippen molar-refractivity contribution in [2.45, 2.75) is 32.9 Å². The topological polar surface area (TPSA) is 96.4 Å². The van der Waals surface area contributed by atoms with Crippen LogP contribution in [0.25, 0.3) is 0 Å². The molecule has 152 valence electrons. The van der Waals surface area contributed by atoms with Gasteiger partial charge in [0.05, 0.1) is 18.7 Å². The van der Waals surface area contributed by atoms with Gasteiger partial charge in [-0.2, -0.15) is 0 Å². The zero-order chi connectivity index (χ0) is 21.1. The van der Waals surface area contributed by atoms with Crippen molar-refractivity contribution in [1.82, 2.24) is 9.96 Å². The number of carbonyl (C=O) groups excluding carboxylic acids is 3. The Bertz CT molecular complexity index is 798. The first-order valence-corrected chi connectivity index (χ1v) is 8.56. The van der Waals surface area contributed by atoms with E-state index in [4.69, 9.17) is 9.57 Å². The highest BCUT2D eigenvalue weighted by molar-refractivity contribution is 6.06. The highest BCUT2D eigenvalue weighted by Crippen LogP contribution is 2.20. The number of rotatable bonds is 6. The van der Waals surface area contributed by atoms with Crippen molar-refractivity contribution < 1.29 is 33.5 Å². The molecule has 0 saturated heterocycles. The fourth-order valence-electron chi connectivity index (χ4n) is 2.45. The summed E-state index contributed by atoms with van der Waals surface area (Å²) in [4.78, 5) is 43.0. The molecule has 0 aromatic heterocycles. The maximum atomic E-state index is 13.1. The van der Waals surface area contributed by atoms with Crippen LogP contribution < -0.4 is 0 Å². The van der Waals surface area contributed by atoms with Crippen molar-refractivity contribution in [3.8, 4) is 0 Å². The standard InChI is InChI=1S/C19H23FN2O6/c1-19(2,3)28-15(23)11-27-22(9-12-5-7-13(20)8-6-12)17(25)14-10-21(4)18(26)16(14)24/h5-8,24H,9-11H2,1-4H3. The molecule has 0 unspecified atom stereocenters. The number of carbonyl (C=O) groups is 3. The second-order valence-electron chi connectivity index (χ2n) is 7.32. The van der Waals surface area contributed by atoms with Crippen LogP contribution in [-0.4, -0.2) is 58.7 Å². The first-order valence-electron chi connectivity index (χ1n) is 8.56. The minimum Gasteiger partial charge on any atom is -0.503 e. The van der Waals surface area contributed by atoms with Gasteiger partial charge in [-0.1, -0.05) is 12.1 Å². The number of amides is 2. The summed E-state index contributed by atoms with van der Waals surface area (Å²) >= 11 is 0. The van der Waals surface area contributed by atoms with E-state index in [-0.39, 0.29) is 18.7 Å². The maximum Gasteiger partial charge on any atom is 0.335 e. The van der Waals surface area contributed by atoms with Gasteiger partial charge in [-0.15, -0.1) is 0 Å². The lowest BCUT2D eigenvalue weighted by atomic mass is 10.2. The Morgan fingerprint density at radius 1 is 1.25 bits per heavy atom. The number of nitrogens with zero attached hydrogens (tertiary/aromatic N) is 2. The van der Waals surface area contributed by atoms with E-state index >= 15 is 0 Å². The van der Waals surface area contributed by atoms with Crippen molar-refractivity contribution in [2.75, 3.05) is 20.2 Å². The summed E-state index contributed by atoms with van der Waals surface area (Å²) in [5.74, 6) is -3.26. The van der Waals surface area contributed by atoms with Gasteiger partial charge in [0.2, 0.25) is 0 Å². The summed E-state index contributed by atoms with van der Waals surface area (Å²) in [6.45, 7) is 4.29. The van der Waals surface area contributed by atoms with Crippen LogP contribution >= 0.6 is 0 Å². The number of hydrogen-bond donors (Lipinski definition) is 1. The predicted octanol–water partition coefficient (Wildman–Crippen LogP) is 1.71. The highest BCUT2D eigenvalue weighted by Gasteiger charge is 2.35. The molecule has 0 spiro atoms. The van der Waals surface area contributed by atoms with Gasteiger partial charge in [0.1, 0.15) is 11.4 Å². The SMILES string of the molecule is CN1CC(C(=O)N(Cc2ccc(F)cc2)OCC(=O)OC(C)(C)C)=C(O)C1=O. The molecule has 2 rings (SSSR count). The van der Waals surface area contributed by atoms with Gasteiger partial charge < -0.3 is 14.7 Å². The molecule has 0 saturated carbocycles. The van der Waals surface area contributed by atoms with E-state index in [9.17, 15) is 23.9 Å². The van der Waals surface area contributed by atoms with Gasteiger partial charge in [-0.05, 0) is 38.5 Å². The summed E-state index contributed by atoms with van der Waals surface area (Å²) in [6, 6.07) is 5.34. The highest BCUT2D eigenvalue weighted by atomic mass is 19.1. The van der Waals surface area contributed by atoms with Gasteiger partial charge >= 0.3 is 5.97 Å². The number of hydrogen-bond acceptors (Lipinski definition) is 6. The molecular formula is C19H23FN2O6. The Morgan fingerprint density at radius 3 is 2.36 bits per heavy atom. The van der Waals surface area contributed by atoms with Gasteiger partial charge in [0, 0.05) is 7.05 Å². The van der Waals surface area contributed by atoms with Crippen LogP contribution in [0.1, 0.15) is 26.3 Å². The van der Waals surface area contributed by atoms with E-state index in [1.165, 1.54) is 36.2 Å². The molecule has 2 amide bonds. The summed E-state index contributed by atoms with van der Waals surface area (Å²) in [5.41, 5.74) is -0.358. The number of aliphatic hydroxyl groups is 1. The number of esters is 1. The van der Waals surface area contributed by atoms with Crippen molar-refractivity contribution in [2.24, 2.45) is 0 Å². The van der Waals surface area contributed by atoms with Crippen LogP contribution in [0.2, 0.25) is 0 Å². The Kier molecular flexibility index (Phi) is 6.40. The summed E-state index contributed by atoms with van der Waals surface area (Å²) in [7, 11) is 1.44. The molecule has 0 atom stereocenters. The molecule has 0 radical (unpaired) electrons. The van der Waals surface area contributed by atoms with Crippen LogP contribution in [0, 0.1) is 5.82 Å². The lowest BCUT2D eigenvalue weighted by Gasteiger charge is -2.24. The van der Waals surface area contributed by atoms with Crippen molar-refractivity contribution in [1.29, 1.82) is 0 Å². The van der Waals surface area contributed by atoms with Crippen LogP contribution in [0.3, 0.4) is 0 Å². The van der Waals surface area contributed by atoms with Gasteiger partial charge in [-0.25, -0.2) is 14.2 Å². The van der Waals surface area contributed by atoms with Crippen LogP contribution in [0.15, 0.2) is 35.6 Å². The molecule has 0 fully saturated rings. The van der Waals surface area contributed by atoms with E-state index in [0.717, 1.165) is 5.06 Å². The number of aliphatic hydroxyl groups excluding tert-OH is 1. The Morgan fingerprint density at radius 2 is 1.86 bits per heavy atom. The molecule has 1 aliphatic heterocycles. The summed E-state index contributed by atoms with van der Waals surface area (Å²) in [5, 5.41) is 10.8. The average Bonchev–Trinajstić information content (AvgIpc) is 2.85. The number of halogens is 1. The third kappa shape index (κ3) is 5.53. The summed E-state index contributed by atoms with van der Waals surface area (Å²) in [6.07, 6.45) is 0. The van der Waals surface area contributed by atoms with E-state index in [0.29, 0.717) is 5.56 Å². The number of hydroxylamine groups is 2. The van der Waals surface area contributed by atoms with E-state index in [1.54, 1.807) is 20.8 Å². The second kappa shape index (κ2) is 8.39. The minimum atomic E-state index is -0.775. The van der Waals surface area contributed by atoms with Gasteiger partial charge in [0.15, 0.2) is 12.4 Å². The first-order chi connectivity index (χ1) is 13.0. The Hall–Kier alpha value is -2.94. The van der Waals surface area contributed by atoms with Crippen molar-refractivity contribution in [3.05, 3.63) is 47.0 Å². The monoisotopic (exact) mass is 394 g/mol. The number of likely N-dealkylation sites (N-methyl/N-ethyl adjacent to an activating group) is 1. The molecule has 28 heavy (non-hydrogen) atoms. The van der Waals surface area contributed by atoms with Crippen molar-refractivity contribution >= 4 is 17.8 Å². The smallest absolute Gasteiger partial charge is 0.335 e. The molecule has 9 heteroatoms. The Labute approximate surface area is 162 Å². The van der Waals surface area contributed by atoms with Crippen LogP contribution in [0.5, 0.6) is 0 Å². The molecule has 1 N–H and O–H groups in total. The predicted molar refractivity (Wildman–Crippen MR) is 96.0 cm³/mol. The fourth-order valence-corrected chi connectivity index (χ4v) is 2.45. The van der Waals surface area contributed by atoms with Crippen LogP contribution in [0.4, 0.5) is 4.39 Å². The van der Waals surface area contributed by atoms with E-state index in [1.807, 2.05) is 0 Å². The largest absolute Gasteiger partial charge is 0.503 e. The first kappa shape index (κ1) is 21.4. The lowest BCUT2D eigenvalue weighted by molar-refractivity contribution is -0.199. The number of ether oxygens (including phenoxy) is 1. The third-order valence-electron chi connectivity index (χ3n) is 3.71. The van der Waals surface area contributed by atoms with Gasteiger partial charge in [0.25, 0.3) is 11.8 Å². The van der Waals surface area contributed by atoms with Gasteiger partial charge in [-0.3, -0.25) is 14.4 Å². The maximum absolute atomic E-state index is 13.1. The minimum absolute atomic E-state index is 0.0980. The molecular weight excluding hydrogens is 371 g/mol. The molecule has 1 aromatic carbocycles. The van der Waals surface area contributed by atoms with Crippen molar-refractivity contribution in [3.63, 3.8) is 0 Å². The lowest BCUT2D eigenvalue weighted by Crippen LogP contribution is -2.36. The quantitative estimate of drug-likeness (QED) is 0.583. The summed E-state index contributed by atoms with van der Waals surface area (Å²) < 4.78 is 18.3. The zero-order valence-corrected chi connectivity index (χ0v) is 16.2. The average molecular weight is 394 g/mol. The molecule has 1 aliphatic rings. The molecule has 0 bridgehead atoms. The number of benzene rings is 1. The molecule has 1 heterocycles. The molecule has 0 aliphatic carbocycles. The van der Waals surface area contributed by atoms with E-state index < -0.39 is 41.6 Å². The molecule has 1 aromatic rings. The van der Waals surface area contributed by atoms with E-state index in [2.05, 4.69) is 0 Å². The Balaban J connectivity index is 2.18.